The third-order valence-electron chi connectivity index (χ3n) is 6.65. The van der Waals surface area contributed by atoms with Crippen molar-refractivity contribution in [3.05, 3.63) is 70.9 Å². The Labute approximate surface area is 242 Å². The Hall–Kier alpha value is -4.27. The third-order valence-corrected chi connectivity index (χ3v) is 6.91. The van der Waals surface area contributed by atoms with Gasteiger partial charge in [0.1, 0.15) is 39.9 Å². The van der Waals surface area contributed by atoms with Crippen molar-refractivity contribution in [3.63, 3.8) is 0 Å². The van der Waals surface area contributed by atoms with E-state index in [2.05, 4.69) is 15.3 Å². The Morgan fingerprint density at radius 2 is 1.98 bits per heavy atom. The molecule has 3 aromatic heterocycles. The number of aromatic nitrogens is 4. The zero-order valence-electron chi connectivity index (χ0n) is 22.2. The number of hydrogen-bond acceptors (Lipinski definition) is 8. The van der Waals surface area contributed by atoms with Crippen LogP contribution in [0.2, 0.25) is 5.15 Å². The number of morpholine rings is 1. The summed E-state index contributed by atoms with van der Waals surface area (Å²) in [5.41, 5.74) is 6.87. The lowest BCUT2D eigenvalue weighted by atomic mass is 10.1. The predicted octanol–water partition coefficient (Wildman–Crippen LogP) is 4.23. The number of nitrogens with zero attached hydrogens (tertiary/aromatic N) is 5. The van der Waals surface area contributed by atoms with Crippen LogP contribution in [0.1, 0.15) is 34.3 Å². The molecule has 2 amide bonds. The maximum atomic E-state index is 13.0. The van der Waals surface area contributed by atoms with Crippen LogP contribution in [0.5, 0.6) is 0 Å². The number of imidazole rings is 1. The van der Waals surface area contributed by atoms with Gasteiger partial charge in [-0.15, -0.1) is 0 Å². The van der Waals surface area contributed by atoms with Crippen molar-refractivity contribution in [2.24, 2.45) is 0 Å². The number of benzene rings is 1. The number of carbonyl (C=O) groups is 2. The first kappa shape index (κ1) is 29.2. The third kappa shape index (κ3) is 6.00. The minimum absolute atomic E-state index is 0.0762. The number of pyridine rings is 1. The van der Waals surface area contributed by atoms with Gasteiger partial charge in [0.2, 0.25) is 5.91 Å². The van der Waals surface area contributed by atoms with E-state index in [9.17, 15) is 22.8 Å². The van der Waals surface area contributed by atoms with Gasteiger partial charge >= 0.3 is 6.18 Å². The summed E-state index contributed by atoms with van der Waals surface area (Å²) in [5.74, 6) is -0.399. The second-order valence-electron chi connectivity index (χ2n) is 9.37. The molecule has 1 fully saturated rings. The number of nitrogens with one attached hydrogen (secondary N) is 1. The standard InChI is InChI=1S/C27H25ClF3N7O4/c1-41-10-7-21(39)37-9-11-42-18(14-37)25-36-22(23-24(32)34-13-19(28)38(23)25)15-2-4-16(5-3-15)26(40)35-20-12-17(6-8-33-20)27(29,30)31/h2-6,8,12-13,18H,7,9-11,14H2,1H3,(H2,32,34)(H,33,35,40). The van der Waals surface area contributed by atoms with Crippen molar-refractivity contribution in [1.82, 2.24) is 24.3 Å². The fourth-order valence-corrected chi connectivity index (χ4v) is 4.79. The minimum Gasteiger partial charge on any atom is -0.384 e. The summed E-state index contributed by atoms with van der Waals surface area (Å²) in [5, 5.41) is 2.60. The van der Waals surface area contributed by atoms with E-state index in [4.69, 9.17) is 31.8 Å². The highest BCUT2D eigenvalue weighted by Crippen LogP contribution is 2.35. The fourth-order valence-electron chi connectivity index (χ4n) is 4.57. The van der Waals surface area contributed by atoms with Gasteiger partial charge in [0.15, 0.2) is 0 Å². The molecule has 1 saturated heterocycles. The van der Waals surface area contributed by atoms with E-state index in [0.717, 1.165) is 18.3 Å². The largest absolute Gasteiger partial charge is 0.416 e. The molecule has 1 aliphatic rings. The van der Waals surface area contributed by atoms with Gasteiger partial charge in [-0.1, -0.05) is 23.7 Å². The smallest absolute Gasteiger partial charge is 0.384 e. The Balaban J connectivity index is 1.43. The maximum absolute atomic E-state index is 13.0. The van der Waals surface area contributed by atoms with E-state index in [1.54, 1.807) is 21.4 Å². The van der Waals surface area contributed by atoms with Crippen LogP contribution < -0.4 is 11.1 Å². The Bertz CT molecular complexity index is 1630. The molecule has 3 N–H and O–H groups in total. The summed E-state index contributed by atoms with van der Waals surface area (Å²) < 4.78 is 51.7. The van der Waals surface area contributed by atoms with E-state index in [0.29, 0.717) is 35.8 Å². The number of halogens is 4. The van der Waals surface area contributed by atoms with Crippen LogP contribution >= 0.6 is 11.6 Å². The van der Waals surface area contributed by atoms with Crippen LogP contribution in [0.4, 0.5) is 24.8 Å². The first-order chi connectivity index (χ1) is 20.1. The van der Waals surface area contributed by atoms with Crippen molar-refractivity contribution in [2.75, 3.05) is 44.5 Å². The van der Waals surface area contributed by atoms with E-state index in [1.807, 2.05) is 0 Å². The van der Waals surface area contributed by atoms with Gasteiger partial charge in [-0.2, -0.15) is 13.2 Å². The van der Waals surface area contributed by atoms with Crippen LogP contribution in [0.25, 0.3) is 16.8 Å². The molecule has 0 spiro atoms. The molecule has 0 bridgehead atoms. The number of hydrogen-bond donors (Lipinski definition) is 2. The van der Waals surface area contributed by atoms with Gasteiger partial charge in [0.25, 0.3) is 5.91 Å². The predicted molar refractivity (Wildman–Crippen MR) is 147 cm³/mol. The monoisotopic (exact) mass is 603 g/mol. The molecule has 15 heteroatoms. The average molecular weight is 604 g/mol. The lowest BCUT2D eigenvalue weighted by molar-refractivity contribution is -0.140. The van der Waals surface area contributed by atoms with Crippen LogP contribution in [0.15, 0.2) is 48.8 Å². The highest BCUT2D eigenvalue weighted by molar-refractivity contribution is 6.30. The zero-order valence-corrected chi connectivity index (χ0v) is 22.9. The maximum Gasteiger partial charge on any atom is 0.416 e. The summed E-state index contributed by atoms with van der Waals surface area (Å²) in [6, 6.07) is 7.78. The summed E-state index contributed by atoms with van der Waals surface area (Å²) in [6.07, 6.45) is -2.60. The number of carbonyl (C=O) groups excluding carboxylic acids is 2. The highest BCUT2D eigenvalue weighted by Gasteiger charge is 2.32. The van der Waals surface area contributed by atoms with E-state index in [-0.39, 0.29) is 47.8 Å². The number of alkyl halides is 3. The molecule has 42 heavy (non-hydrogen) atoms. The van der Waals surface area contributed by atoms with Crippen molar-refractivity contribution in [1.29, 1.82) is 0 Å². The van der Waals surface area contributed by atoms with Crippen molar-refractivity contribution in [2.45, 2.75) is 18.7 Å². The molecule has 5 rings (SSSR count). The van der Waals surface area contributed by atoms with Crippen LogP contribution in [-0.2, 0) is 20.4 Å². The van der Waals surface area contributed by atoms with Gasteiger partial charge in [0.05, 0.1) is 37.9 Å². The number of anilines is 2. The Kier molecular flexibility index (Phi) is 8.29. The number of fused-ring (bicyclic) bond motifs is 1. The number of rotatable bonds is 7. The number of ether oxygens (including phenoxy) is 2. The van der Waals surface area contributed by atoms with Crippen LogP contribution in [0, 0.1) is 0 Å². The SMILES string of the molecule is COCCC(=O)N1CCOC(c2nc(-c3ccc(C(=O)Nc4cc(C(F)(F)F)ccn4)cc3)c3c(N)ncc(Cl)n23)C1. The summed E-state index contributed by atoms with van der Waals surface area (Å²) in [4.78, 5) is 39.8. The molecular weight excluding hydrogens is 579 g/mol. The Morgan fingerprint density at radius 1 is 1.21 bits per heavy atom. The van der Waals surface area contributed by atoms with Crippen LogP contribution in [0.3, 0.4) is 0 Å². The number of amides is 2. The Morgan fingerprint density at radius 3 is 2.69 bits per heavy atom. The molecule has 1 aromatic carbocycles. The van der Waals surface area contributed by atoms with E-state index in [1.165, 1.54) is 25.4 Å². The molecule has 0 aliphatic carbocycles. The minimum atomic E-state index is -4.57. The molecule has 1 aliphatic heterocycles. The number of methoxy groups -OCH3 is 1. The van der Waals surface area contributed by atoms with Crippen molar-refractivity contribution >= 4 is 40.6 Å². The molecular formula is C27H25ClF3N7O4. The first-order valence-corrected chi connectivity index (χ1v) is 13.1. The second kappa shape index (κ2) is 11.9. The second-order valence-corrected chi connectivity index (χ2v) is 9.76. The molecule has 0 saturated carbocycles. The number of nitrogen functional groups attached to an aromatic ring is 1. The normalized spacial score (nSPS) is 15.6. The lowest BCUT2D eigenvalue weighted by Gasteiger charge is -2.32. The molecule has 11 nitrogen and oxygen atoms in total. The summed E-state index contributed by atoms with van der Waals surface area (Å²) >= 11 is 6.53. The zero-order chi connectivity index (χ0) is 30.0. The van der Waals surface area contributed by atoms with Gasteiger partial charge in [-0.25, -0.2) is 15.0 Å². The molecule has 4 heterocycles. The van der Waals surface area contributed by atoms with Gasteiger partial charge < -0.3 is 25.4 Å². The summed E-state index contributed by atoms with van der Waals surface area (Å²) in [6.45, 7) is 1.25. The molecule has 220 valence electrons. The van der Waals surface area contributed by atoms with Crippen molar-refractivity contribution < 1.29 is 32.2 Å². The van der Waals surface area contributed by atoms with Gasteiger partial charge in [-0.3, -0.25) is 14.0 Å². The van der Waals surface area contributed by atoms with Crippen molar-refractivity contribution in [3.8, 4) is 11.3 Å². The highest BCUT2D eigenvalue weighted by atomic mass is 35.5. The van der Waals surface area contributed by atoms with E-state index < -0.39 is 23.8 Å². The molecule has 4 aromatic rings. The van der Waals surface area contributed by atoms with Gasteiger partial charge in [-0.05, 0) is 24.3 Å². The molecule has 1 unspecified atom stereocenters. The molecule has 1 atom stereocenters. The lowest BCUT2D eigenvalue weighted by Crippen LogP contribution is -2.43. The van der Waals surface area contributed by atoms with E-state index >= 15 is 0 Å². The summed E-state index contributed by atoms with van der Waals surface area (Å²) in [7, 11) is 1.53. The topological polar surface area (TPSA) is 137 Å². The van der Waals surface area contributed by atoms with Crippen LogP contribution in [-0.4, -0.2) is 69.5 Å². The first-order valence-electron chi connectivity index (χ1n) is 12.7. The quantitative estimate of drug-likeness (QED) is 0.320. The average Bonchev–Trinajstić information content (AvgIpc) is 3.40. The van der Waals surface area contributed by atoms with Gasteiger partial charge in [0, 0.05) is 31.0 Å². The molecule has 0 radical (unpaired) electrons. The fraction of sp³-hybridized carbons (Fsp3) is 0.296. The number of nitrogens with two attached hydrogens (primary N) is 1.